The minimum Gasteiger partial charge on any atom is -0.455 e. The third kappa shape index (κ3) is 1.31. The summed E-state index contributed by atoms with van der Waals surface area (Å²) in [6.45, 7) is 0. The number of halogens is 1. The monoisotopic (exact) mass is 232 g/mol. The van der Waals surface area contributed by atoms with E-state index in [2.05, 4.69) is 0 Å². The second kappa shape index (κ2) is 3.51. The van der Waals surface area contributed by atoms with Crippen LogP contribution in [0.5, 0.6) is 11.5 Å². The number of aliphatic hydroxyl groups is 1. The maximum atomic E-state index is 10.2. The first-order chi connectivity index (χ1) is 7.77. The van der Waals surface area contributed by atoms with Crippen LogP contribution in [0.25, 0.3) is 0 Å². The fourth-order valence-electron chi connectivity index (χ4n) is 1.93. The van der Waals surface area contributed by atoms with Crippen LogP contribution in [-0.2, 0) is 0 Å². The minimum atomic E-state index is -0.668. The summed E-state index contributed by atoms with van der Waals surface area (Å²) in [7, 11) is 0. The average molecular weight is 233 g/mol. The van der Waals surface area contributed by atoms with Crippen molar-refractivity contribution in [2.24, 2.45) is 0 Å². The molecule has 3 heteroatoms. The van der Waals surface area contributed by atoms with Gasteiger partial charge in [-0.05, 0) is 12.1 Å². The largest absolute Gasteiger partial charge is 0.455 e. The van der Waals surface area contributed by atoms with Crippen LogP contribution in [0.2, 0.25) is 5.02 Å². The summed E-state index contributed by atoms with van der Waals surface area (Å²) in [5.41, 5.74) is 1.49. The molecule has 1 N–H and O–H groups in total. The van der Waals surface area contributed by atoms with Gasteiger partial charge in [-0.15, -0.1) is 0 Å². The average Bonchev–Trinajstić information content (AvgIpc) is 2.31. The van der Waals surface area contributed by atoms with Gasteiger partial charge < -0.3 is 9.84 Å². The molecule has 1 atom stereocenters. The molecule has 0 radical (unpaired) electrons. The standard InChI is InChI=1S/C13H9ClO2/c14-10-6-3-5-9-12(15)8-4-1-2-7-11(8)16-13(9)10/h1-7,12,15H. The van der Waals surface area contributed by atoms with Crippen molar-refractivity contribution in [2.45, 2.75) is 6.10 Å². The molecule has 0 saturated carbocycles. The first-order valence-electron chi connectivity index (χ1n) is 5.00. The van der Waals surface area contributed by atoms with Gasteiger partial charge in [-0.1, -0.05) is 41.9 Å². The van der Waals surface area contributed by atoms with Gasteiger partial charge in [-0.2, -0.15) is 0 Å². The van der Waals surface area contributed by atoms with Crippen LogP contribution in [-0.4, -0.2) is 5.11 Å². The Bertz CT molecular complexity index is 551. The number of rotatable bonds is 0. The van der Waals surface area contributed by atoms with Crippen LogP contribution in [0.4, 0.5) is 0 Å². The summed E-state index contributed by atoms with van der Waals surface area (Å²) in [6, 6.07) is 12.8. The Balaban J connectivity index is 2.22. The first kappa shape index (κ1) is 9.70. The summed E-state index contributed by atoms with van der Waals surface area (Å²) in [5, 5.41) is 10.7. The molecule has 0 amide bonds. The quantitative estimate of drug-likeness (QED) is 0.753. The van der Waals surface area contributed by atoms with Crippen molar-refractivity contribution in [3.05, 3.63) is 58.6 Å². The highest BCUT2D eigenvalue weighted by Crippen LogP contribution is 2.45. The van der Waals surface area contributed by atoms with Crippen LogP contribution in [0, 0.1) is 0 Å². The van der Waals surface area contributed by atoms with Gasteiger partial charge in [0.25, 0.3) is 0 Å². The van der Waals surface area contributed by atoms with Gasteiger partial charge in [0.1, 0.15) is 11.9 Å². The fourth-order valence-corrected chi connectivity index (χ4v) is 2.15. The summed E-state index contributed by atoms with van der Waals surface area (Å²) in [6.07, 6.45) is -0.668. The van der Waals surface area contributed by atoms with Gasteiger partial charge in [0.05, 0.1) is 5.02 Å². The molecule has 0 saturated heterocycles. The van der Waals surface area contributed by atoms with Crippen molar-refractivity contribution in [3.63, 3.8) is 0 Å². The van der Waals surface area contributed by atoms with E-state index in [0.717, 1.165) is 5.56 Å². The van der Waals surface area contributed by atoms with Crippen molar-refractivity contribution >= 4 is 11.6 Å². The molecule has 1 aliphatic heterocycles. The van der Waals surface area contributed by atoms with Crippen molar-refractivity contribution < 1.29 is 9.84 Å². The molecule has 3 rings (SSSR count). The zero-order valence-corrected chi connectivity index (χ0v) is 9.11. The molecular weight excluding hydrogens is 224 g/mol. The van der Waals surface area contributed by atoms with E-state index in [1.165, 1.54) is 0 Å². The minimum absolute atomic E-state index is 0.519. The number of hydrogen-bond donors (Lipinski definition) is 1. The maximum absolute atomic E-state index is 10.2. The number of fused-ring (bicyclic) bond motifs is 2. The maximum Gasteiger partial charge on any atom is 0.152 e. The van der Waals surface area contributed by atoms with E-state index in [-0.39, 0.29) is 0 Å². The Kier molecular flexibility index (Phi) is 2.13. The molecule has 1 heterocycles. The highest BCUT2D eigenvalue weighted by molar-refractivity contribution is 6.32. The number of benzene rings is 2. The Morgan fingerprint density at radius 2 is 1.75 bits per heavy atom. The zero-order chi connectivity index (χ0) is 11.1. The lowest BCUT2D eigenvalue weighted by molar-refractivity contribution is 0.203. The zero-order valence-electron chi connectivity index (χ0n) is 8.35. The van der Waals surface area contributed by atoms with Crippen molar-refractivity contribution in [1.29, 1.82) is 0 Å². The Morgan fingerprint density at radius 1 is 1.00 bits per heavy atom. The van der Waals surface area contributed by atoms with E-state index >= 15 is 0 Å². The van der Waals surface area contributed by atoms with E-state index in [1.54, 1.807) is 6.07 Å². The van der Waals surface area contributed by atoms with Crippen molar-refractivity contribution in [3.8, 4) is 11.5 Å². The number of hydrogen-bond acceptors (Lipinski definition) is 2. The van der Waals surface area contributed by atoms with Crippen LogP contribution in [0.15, 0.2) is 42.5 Å². The summed E-state index contributed by atoms with van der Waals surface area (Å²) >= 11 is 6.04. The van der Waals surface area contributed by atoms with E-state index in [4.69, 9.17) is 16.3 Å². The second-order valence-corrected chi connectivity index (χ2v) is 4.11. The smallest absolute Gasteiger partial charge is 0.152 e. The summed E-state index contributed by atoms with van der Waals surface area (Å²) < 4.78 is 5.69. The van der Waals surface area contributed by atoms with Crippen molar-refractivity contribution in [1.82, 2.24) is 0 Å². The van der Waals surface area contributed by atoms with E-state index < -0.39 is 6.10 Å². The van der Waals surface area contributed by atoms with Gasteiger partial charge in [-0.3, -0.25) is 0 Å². The highest BCUT2D eigenvalue weighted by Gasteiger charge is 2.26. The molecule has 2 aromatic carbocycles. The van der Waals surface area contributed by atoms with Gasteiger partial charge in [0.15, 0.2) is 5.75 Å². The van der Waals surface area contributed by atoms with Gasteiger partial charge >= 0.3 is 0 Å². The molecule has 0 spiro atoms. The van der Waals surface area contributed by atoms with Crippen LogP contribution in [0.3, 0.4) is 0 Å². The number of ether oxygens (including phenoxy) is 1. The van der Waals surface area contributed by atoms with Gasteiger partial charge in [-0.25, -0.2) is 0 Å². The Morgan fingerprint density at radius 3 is 2.62 bits per heavy atom. The Labute approximate surface area is 98.1 Å². The third-order valence-corrected chi connectivity index (χ3v) is 3.02. The number of para-hydroxylation sites is 2. The molecule has 0 aliphatic carbocycles. The number of aliphatic hydroxyl groups excluding tert-OH is 1. The predicted molar refractivity (Wildman–Crippen MR) is 62.0 cm³/mol. The molecule has 1 unspecified atom stereocenters. The van der Waals surface area contributed by atoms with E-state index in [9.17, 15) is 5.11 Å². The first-order valence-corrected chi connectivity index (χ1v) is 5.38. The fraction of sp³-hybridized carbons (Fsp3) is 0.0769. The molecule has 2 aromatic rings. The summed E-state index contributed by atoms with van der Waals surface area (Å²) in [4.78, 5) is 0. The Hall–Kier alpha value is -1.51. The lowest BCUT2D eigenvalue weighted by Gasteiger charge is -2.25. The molecule has 0 bridgehead atoms. The molecule has 0 fully saturated rings. The van der Waals surface area contributed by atoms with E-state index in [0.29, 0.717) is 22.1 Å². The normalized spacial score (nSPS) is 17.2. The second-order valence-electron chi connectivity index (χ2n) is 3.70. The predicted octanol–water partition coefficient (Wildman–Crippen LogP) is 3.53. The SMILES string of the molecule is OC1c2ccccc2Oc2c(Cl)cccc21. The lowest BCUT2D eigenvalue weighted by Crippen LogP contribution is -2.09. The van der Waals surface area contributed by atoms with Crippen molar-refractivity contribution in [2.75, 3.05) is 0 Å². The van der Waals surface area contributed by atoms with Crippen LogP contribution >= 0.6 is 11.6 Å². The molecule has 0 aromatic heterocycles. The summed E-state index contributed by atoms with van der Waals surface area (Å²) in [5.74, 6) is 1.21. The van der Waals surface area contributed by atoms with E-state index in [1.807, 2.05) is 36.4 Å². The van der Waals surface area contributed by atoms with Crippen LogP contribution in [0.1, 0.15) is 17.2 Å². The lowest BCUT2D eigenvalue weighted by atomic mass is 9.97. The van der Waals surface area contributed by atoms with Gasteiger partial charge in [0, 0.05) is 11.1 Å². The molecular formula is C13H9ClO2. The topological polar surface area (TPSA) is 29.5 Å². The molecule has 80 valence electrons. The molecule has 1 aliphatic rings. The molecule has 16 heavy (non-hydrogen) atoms. The molecule has 2 nitrogen and oxygen atoms in total. The van der Waals surface area contributed by atoms with Gasteiger partial charge in [0.2, 0.25) is 0 Å². The third-order valence-electron chi connectivity index (χ3n) is 2.72. The highest BCUT2D eigenvalue weighted by atomic mass is 35.5. The van der Waals surface area contributed by atoms with Crippen LogP contribution < -0.4 is 4.74 Å².